The second kappa shape index (κ2) is 7.71. The van der Waals surface area contributed by atoms with E-state index in [0.29, 0.717) is 22.7 Å². The van der Waals surface area contributed by atoms with E-state index in [1.807, 2.05) is 81.4 Å². The normalized spacial score (nSPS) is 11.0. The fourth-order valence-electron chi connectivity index (χ4n) is 3.10. The van der Waals surface area contributed by atoms with Crippen LogP contribution in [0, 0.1) is 6.92 Å². The zero-order chi connectivity index (χ0) is 20.4. The Morgan fingerprint density at radius 2 is 1.62 bits per heavy atom. The predicted octanol–water partition coefficient (Wildman–Crippen LogP) is 4.32. The summed E-state index contributed by atoms with van der Waals surface area (Å²) in [5.74, 6) is 0.401. The van der Waals surface area contributed by atoms with Crippen molar-refractivity contribution in [1.29, 1.82) is 0 Å². The molecular formula is C22H22N6O. The maximum atomic E-state index is 12.3. The Morgan fingerprint density at radius 1 is 0.966 bits per heavy atom. The monoisotopic (exact) mass is 386 g/mol. The summed E-state index contributed by atoms with van der Waals surface area (Å²) in [6.45, 7) is 5.69. The summed E-state index contributed by atoms with van der Waals surface area (Å²) in [6, 6.07) is 19.2. The topological polar surface area (TPSA) is 84.7 Å². The molecule has 0 unspecified atom stereocenters. The van der Waals surface area contributed by atoms with Crippen LogP contribution in [0.25, 0.3) is 28.1 Å². The molecule has 7 nitrogen and oxygen atoms in total. The van der Waals surface area contributed by atoms with Crippen LogP contribution >= 0.6 is 0 Å². The number of urea groups is 1. The minimum atomic E-state index is -0.320. The Balaban J connectivity index is 1.90. The van der Waals surface area contributed by atoms with Crippen LogP contribution in [0.5, 0.6) is 0 Å². The van der Waals surface area contributed by atoms with Gasteiger partial charge in [0.05, 0.1) is 11.4 Å². The van der Waals surface area contributed by atoms with E-state index in [9.17, 15) is 4.79 Å². The number of hydrogen-bond acceptors (Lipinski definition) is 4. The molecule has 0 fully saturated rings. The smallest absolute Gasteiger partial charge is 0.320 e. The second-order valence-corrected chi connectivity index (χ2v) is 7.04. The highest BCUT2D eigenvalue weighted by atomic mass is 16.2. The fourth-order valence-corrected chi connectivity index (χ4v) is 3.10. The van der Waals surface area contributed by atoms with Crippen LogP contribution in [0.4, 0.5) is 10.6 Å². The number of amides is 2. The SMILES string of the molecule is Cc1nn(-c2ccccc2)c2nc(-c3ccccc3)c(NC(=O)NC(C)C)nc12. The van der Waals surface area contributed by atoms with E-state index in [-0.39, 0.29) is 12.1 Å². The van der Waals surface area contributed by atoms with Gasteiger partial charge in [-0.2, -0.15) is 5.10 Å². The molecule has 0 saturated heterocycles. The molecule has 2 N–H and O–H groups in total. The Morgan fingerprint density at radius 3 is 2.28 bits per heavy atom. The van der Waals surface area contributed by atoms with E-state index in [1.165, 1.54) is 0 Å². The van der Waals surface area contributed by atoms with Gasteiger partial charge in [0, 0.05) is 11.6 Å². The van der Waals surface area contributed by atoms with Gasteiger partial charge < -0.3 is 5.32 Å². The highest BCUT2D eigenvalue weighted by molar-refractivity contribution is 5.94. The van der Waals surface area contributed by atoms with Gasteiger partial charge in [-0.1, -0.05) is 48.5 Å². The third-order valence-electron chi connectivity index (χ3n) is 4.37. The summed E-state index contributed by atoms with van der Waals surface area (Å²) in [5, 5.41) is 10.3. The molecule has 4 rings (SSSR count). The molecule has 2 heterocycles. The van der Waals surface area contributed by atoms with Crippen LogP contribution in [-0.4, -0.2) is 31.8 Å². The number of carbonyl (C=O) groups excluding carboxylic acids is 1. The first-order valence-corrected chi connectivity index (χ1v) is 9.48. The van der Waals surface area contributed by atoms with Gasteiger partial charge in [-0.15, -0.1) is 0 Å². The third-order valence-corrected chi connectivity index (χ3v) is 4.37. The van der Waals surface area contributed by atoms with Crippen LogP contribution in [0.3, 0.4) is 0 Å². The molecule has 2 aromatic heterocycles. The van der Waals surface area contributed by atoms with Crippen molar-refractivity contribution in [2.75, 3.05) is 5.32 Å². The van der Waals surface area contributed by atoms with Gasteiger partial charge in [0.25, 0.3) is 0 Å². The number of anilines is 1. The first-order chi connectivity index (χ1) is 14.0. The number of nitrogens with one attached hydrogen (secondary N) is 2. The van der Waals surface area contributed by atoms with Crippen LogP contribution in [0.2, 0.25) is 0 Å². The van der Waals surface area contributed by atoms with Crippen molar-refractivity contribution in [3.8, 4) is 16.9 Å². The van der Waals surface area contributed by atoms with Gasteiger partial charge in [-0.3, -0.25) is 5.32 Å². The molecule has 0 bridgehead atoms. The maximum Gasteiger partial charge on any atom is 0.320 e. The Kier molecular flexibility index (Phi) is 4.95. The highest BCUT2D eigenvalue weighted by Gasteiger charge is 2.19. The summed E-state index contributed by atoms with van der Waals surface area (Å²) in [5.41, 5.74) is 4.38. The van der Waals surface area contributed by atoms with Crippen LogP contribution < -0.4 is 10.6 Å². The average Bonchev–Trinajstić information content (AvgIpc) is 3.04. The number of benzene rings is 2. The highest BCUT2D eigenvalue weighted by Crippen LogP contribution is 2.29. The quantitative estimate of drug-likeness (QED) is 0.547. The van der Waals surface area contributed by atoms with Gasteiger partial charge in [-0.25, -0.2) is 19.4 Å². The van der Waals surface area contributed by atoms with Crippen molar-refractivity contribution in [1.82, 2.24) is 25.1 Å². The Labute approximate surface area is 168 Å². The molecule has 0 atom stereocenters. The predicted molar refractivity (Wildman–Crippen MR) is 114 cm³/mol. The molecule has 0 aliphatic heterocycles. The summed E-state index contributed by atoms with van der Waals surface area (Å²) >= 11 is 0. The number of para-hydroxylation sites is 1. The van der Waals surface area contributed by atoms with Crippen molar-refractivity contribution in [3.05, 3.63) is 66.4 Å². The van der Waals surface area contributed by atoms with E-state index in [0.717, 1.165) is 16.9 Å². The molecule has 29 heavy (non-hydrogen) atoms. The lowest BCUT2D eigenvalue weighted by molar-refractivity contribution is 0.250. The zero-order valence-electron chi connectivity index (χ0n) is 16.5. The average molecular weight is 386 g/mol. The Bertz CT molecular complexity index is 1150. The molecule has 2 amide bonds. The molecule has 4 aromatic rings. The number of fused-ring (bicyclic) bond motifs is 1. The molecule has 0 aliphatic carbocycles. The largest absolute Gasteiger partial charge is 0.336 e. The lowest BCUT2D eigenvalue weighted by Gasteiger charge is -2.13. The minimum absolute atomic E-state index is 0.00873. The van der Waals surface area contributed by atoms with Crippen molar-refractivity contribution < 1.29 is 4.79 Å². The van der Waals surface area contributed by atoms with E-state index in [2.05, 4.69) is 15.7 Å². The van der Waals surface area contributed by atoms with Crippen molar-refractivity contribution >= 4 is 23.0 Å². The number of aryl methyl sites for hydroxylation is 1. The van der Waals surface area contributed by atoms with E-state index in [1.54, 1.807) is 4.68 Å². The summed E-state index contributed by atoms with van der Waals surface area (Å²) < 4.78 is 1.78. The zero-order valence-corrected chi connectivity index (χ0v) is 16.5. The van der Waals surface area contributed by atoms with Gasteiger partial charge in [0.1, 0.15) is 11.2 Å². The fraction of sp³-hybridized carbons (Fsp3) is 0.182. The summed E-state index contributed by atoms with van der Waals surface area (Å²) in [6.07, 6.45) is 0. The maximum absolute atomic E-state index is 12.3. The molecule has 0 saturated carbocycles. The van der Waals surface area contributed by atoms with Gasteiger partial charge >= 0.3 is 6.03 Å². The molecule has 0 radical (unpaired) electrons. The number of aromatic nitrogens is 4. The number of carbonyl (C=O) groups is 1. The van der Waals surface area contributed by atoms with Crippen LogP contribution in [-0.2, 0) is 0 Å². The van der Waals surface area contributed by atoms with E-state index in [4.69, 9.17) is 9.97 Å². The van der Waals surface area contributed by atoms with Crippen LogP contribution in [0.1, 0.15) is 19.5 Å². The van der Waals surface area contributed by atoms with E-state index < -0.39 is 0 Å². The molecule has 2 aromatic carbocycles. The third kappa shape index (κ3) is 3.80. The minimum Gasteiger partial charge on any atom is -0.336 e. The molecule has 146 valence electrons. The van der Waals surface area contributed by atoms with Gasteiger partial charge in [-0.05, 0) is 32.9 Å². The van der Waals surface area contributed by atoms with Gasteiger partial charge in [0.2, 0.25) is 0 Å². The summed E-state index contributed by atoms with van der Waals surface area (Å²) in [7, 11) is 0. The number of hydrogen-bond donors (Lipinski definition) is 2. The molecule has 0 aliphatic rings. The first-order valence-electron chi connectivity index (χ1n) is 9.48. The lowest BCUT2D eigenvalue weighted by Crippen LogP contribution is -2.34. The van der Waals surface area contributed by atoms with Crippen LogP contribution in [0.15, 0.2) is 60.7 Å². The number of nitrogens with zero attached hydrogens (tertiary/aromatic N) is 4. The van der Waals surface area contributed by atoms with Crippen molar-refractivity contribution in [2.45, 2.75) is 26.8 Å². The van der Waals surface area contributed by atoms with E-state index >= 15 is 0 Å². The molecule has 7 heteroatoms. The second-order valence-electron chi connectivity index (χ2n) is 7.04. The standard InChI is InChI=1S/C22H22N6O/c1-14(2)23-22(29)26-20-19(16-10-6-4-7-11-16)25-21-18(24-20)15(3)27-28(21)17-12-8-5-9-13-17/h4-14H,1-3H3,(H2,23,24,26,29). The summed E-state index contributed by atoms with van der Waals surface area (Å²) in [4.78, 5) is 21.9. The number of rotatable bonds is 4. The van der Waals surface area contributed by atoms with Gasteiger partial charge in [0.15, 0.2) is 11.5 Å². The molecule has 0 spiro atoms. The first kappa shape index (κ1) is 18.6. The Hall–Kier alpha value is -3.74. The lowest BCUT2D eigenvalue weighted by atomic mass is 10.1. The molecular weight excluding hydrogens is 364 g/mol. The van der Waals surface area contributed by atoms with Crippen molar-refractivity contribution in [3.63, 3.8) is 0 Å². The van der Waals surface area contributed by atoms with Crippen molar-refractivity contribution in [2.24, 2.45) is 0 Å².